The van der Waals surface area contributed by atoms with Crippen LogP contribution in [0.3, 0.4) is 0 Å². The Balaban J connectivity index is 2.04. The maximum atomic E-state index is 12.1. The predicted octanol–water partition coefficient (Wildman–Crippen LogP) is 0.497. The van der Waals surface area contributed by atoms with Gasteiger partial charge in [-0.15, -0.1) is 0 Å². The molecule has 0 aliphatic carbocycles. The highest BCUT2D eigenvalue weighted by atomic mass is 16.5. The van der Waals surface area contributed by atoms with Crippen molar-refractivity contribution in [1.29, 1.82) is 0 Å². The second-order valence-corrected chi connectivity index (χ2v) is 5.33. The maximum absolute atomic E-state index is 12.1. The summed E-state index contributed by atoms with van der Waals surface area (Å²) in [5.41, 5.74) is -0.135. The van der Waals surface area contributed by atoms with Gasteiger partial charge in [0, 0.05) is 38.4 Å². The first-order valence-electron chi connectivity index (χ1n) is 6.63. The monoisotopic (exact) mass is 280 g/mol. The van der Waals surface area contributed by atoms with Crippen molar-refractivity contribution in [2.75, 3.05) is 13.2 Å². The third kappa shape index (κ3) is 2.76. The SMILES string of the molecule is CC(=O)c1cc(C(=O)NCC2(O)CCOC2C)n(C)c1. The summed E-state index contributed by atoms with van der Waals surface area (Å²) in [5, 5.41) is 13.0. The van der Waals surface area contributed by atoms with Crippen LogP contribution in [0.2, 0.25) is 0 Å². The maximum Gasteiger partial charge on any atom is 0.268 e. The molecule has 1 aromatic rings. The normalized spacial score (nSPS) is 25.7. The molecule has 0 aromatic carbocycles. The third-order valence-corrected chi connectivity index (χ3v) is 3.86. The Morgan fingerprint density at radius 1 is 1.60 bits per heavy atom. The van der Waals surface area contributed by atoms with Crippen molar-refractivity contribution < 1.29 is 19.4 Å². The molecule has 2 unspecified atom stereocenters. The van der Waals surface area contributed by atoms with Crippen LogP contribution in [0, 0.1) is 0 Å². The molecule has 1 aromatic heterocycles. The molecule has 1 fully saturated rings. The molecule has 1 aliphatic heterocycles. The number of nitrogens with one attached hydrogen (secondary N) is 1. The molecule has 0 saturated carbocycles. The number of hydrogen-bond acceptors (Lipinski definition) is 4. The summed E-state index contributed by atoms with van der Waals surface area (Å²) in [6, 6.07) is 1.55. The Hall–Kier alpha value is -1.66. The molecule has 2 rings (SSSR count). The lowest BCUT2D eigenvalue weighted by molar-refractivity contribution is -0.0252. The molecular weight excluding hydrogens is 260 g/mol. The molecule has 2 heterocycles. The first kappa shape index (κ1) is 14.7. The van der Waals surface area contributed by atoms with Crippen LogP contribution in [0.4, 0.5) is 0 Å². The summed E-state index contributed by atoms with van der Waals surface area (Å²) in [6.07, 6.45) is 1.82. The van der Waals surface area contributed by atoms with Gasteiger partial charge < -0.3 is 19.7 Å². The number of ketones is 1. The van der Waals surface area contributed by atoms with Crippen molar-refractivity contribution in [2.24, 2.45) is 7.05 Å². The average Bonchev–Trinajstić information content (AvgIpc) is 2.92. The van der Waals surface area contributed by atoms with Crippen LogP contribution in [0.1, 0.15) is 41.1 Å². The Kier molecular flexibility index (Phi) is 3.96. The van der Waals surface area contributed by atoms with Crippen LogP contribution >= 0.6 is 0 Å². The van der Waals surface area contributed by atoms with Gasteiger partial charge in [-0.2, -0.15) is 0 Å². The minimum Gasteiger partial charge on any atom is -0.385 e. The number of aryl methyl sites for hydroxylation is 1. The zero-order valence-corrected chi connectivity index (χ0v) is 12.0. The number of carbonyl (C=O) groups excluding carboxylic acids is 2. The molecular formula is C14H20N2O4. The fourth-order valence-electron chi connectivity index (χ4n) is 2.31. The Bertz CT molecular complexity index is 537. The van der Waals surface area contributed by atoms with E-state index in [0.717, 1.165) is 0 Å². The van der Waals surface area contributed by atoms with E-state index in [1.54, 1.807) is 30.8 Å². The van der Waals surface area contributed by atoms with Gasteiger partial charge >= 0.3 is 0 Å². The quantitative estimate of drug-likeness (QED) is 0.787. The smallest absolute Gasteiger partial charge is 0.268 e. The molecule has 1 amide bonds. The van der Waals surface area contributed by atoms with Crippen LogP contribution in [-0.4, -0.2) is 46.2 Å². The predicted molar refractivity (Wildman–Crippen MR) is 72.7 cm³/mol. The topological polar surface area (TPSA) is 80.6 Å². The van der Waals surface area contributed by atoms with Crippen LogP contribution in [0.25, 0.3) is 0 Å². The van der Waals surface area contributed by atoms with Gasteiger partial charge in [-0.25, -0.2) is 0 Å². The summed E-state index contributed by atoms with van der Waals surface area (Å²) in [7, 11) is 1.71. The van der Waals surface area contributed by atoms with Gasteiger partial charge in [0.25, 0.3) is 5.91 Å². The van der Waals surface area contributed by atoms with E-state index < -0.39 is 5.60 Å². The highest BCUT2D eigenvalue weighted by molar-refractivity contribution is 5.99. The number of ether oxygens (including phenoxy) is 1. The molecule has 2 atom stereocenters. The fraction of sp³-hybridized carbons (Fsp3) is 0.571. The number of nitrogens with zero attached hydrogens (tertiary/aromatic N) is 1. The second-order valence-electron chi connectivity index (χ2n) is 5.33. The average molecular weight is 280 g/mol. The van der Waals surface area contributed by atoms with Crippen LogP contribution in [0.5, 0.6) is 0 Å². The summed E-state index contributed by atoms with van der Waals surface area (Å²) in [6.45, 7) is 3.87. The van der Waals surface area contributed by atoms with E-state index in [9.17, 15) is 14.7 Å². The molecule has 1 saturated heterocycles. The van der Waals surface area contributed by atoms with Crippen molar-refractivity contribution in [2.45, 2.75) is 32.0 Å². The molecule has 0 bridgehead atoms. The lowest BCUT2D eigenvalue weighted by atomic mass is 9.97. The van der Waals surface area contributed by atoms with Gasteiger partial charge in [-0.3, -0.25) is 9.59 Å². The lowest BCUT2D eigenvalue weighted by Crippen LogP contribution is -2.47. The van der Waals surface area contributed by atoms with Crippen LogP contribution in [-0.2, 0) is 11.8 Å². The van der Waals surface area contributed by atoms with Crippen molar-refractivity contribution in [3.63, 3.8) is 0 Å². The number of hydrogen-bond donors (Lipinski definition) is 2. The molecule has 20 heavy (non-hydrogen) atoms. The van der Waals surface area contributed by atoms with E-state index in [1.807, 2.05) is 0 Å². The van der Waals surface area contributed by atoms with Crippen molar-refractivity contribution in [3.8, 4) is 0 Å². The number of aliphatic hydroxyl groups is 1. The summed E-state index contributed by atoms with van der Waals surface area (Å²) in [5.74, 6) is -0.399. The van der Waals surface area contributed by atoms with Gasteiger partial charge in [0.1, 0.15) is 11.3 Å². The summed E-state index contributed by atoms with van der Waals surface area (Å²) in [4.78, 5) is 23.4. The van der Waals surface area contributed by atoms with E-state index in [-0.39, 0.29) is 24.3 Å². The first-order valence-corrected chi connectivity index (χ1v) is 6.63. The molecule has 0 spiro atoms. The second kappa shape index (κ2) is 5.38. The molecule has 0 radical (unpaired) electrons. The third-order valence-electron chi connectivity index (χ3n) is 3.86. The zero-order valence-electron chi connectivity index (χ0n) is 12.0. The van der Waals surface area contributed by atoms with E-state index in [4.69, 9.17) is 4.74 Å². The molecule has 110 valence electrons. The van der Waals surface area contributed by atoms with Gasteiger partial charge in [-0.05, 0) is 19.9 Å². The molecule has 2 N–H and O–H groups in total. The zero-order chi connectivity index (χ0) is 14.9. The van der Waals surface area contributed by atoms with Gasteiger partial charge in [-0.1, -0.05) is 0 Å². The largest absolute Gasteiger partial charge is 0.385 e. The Morgan fingerprint density at radius 2 is 2.30 bits per heavy atom. The number of amides is 1. The van der Waals surface area contributed by atoms with Crippen molar-refractivity contribution in [3.05, 3.63) is 23.5 Å². The van der Waals surface area contributed by atoms with Crippen molar-refractivity contribution >= 4 is 11.7 Å². The van der Waals surface area contributed by atoms with Crippen molar-refractivity contribution in [1.82, 2.24) is 9.88 Å². The fourth-order valence-corrected chi connectivity index (χ4v) is 2.31. The Morgan fingerprint density at radius 3 is 2.80 bits per heavy atom. The lowest BCUT2D eigenvalue weighted by Gasteiger charge is -2.26. The number of aromatic nitrogens is 1. The minimum absolute atomic E-state index is 0.0870. The van der Waals surface area contributed by atoms with Gasteiger partial charge in [0.15, 0.2) is 5.78 Å². The standard InChI is InChI=1S/C14H20N2O4/c1-9(17)11-6-12(16(3)7-11)13(18)15-8-14(19)4-5-20-10(14)2/h6-7,10,19H,4-5,8H2,1-3H3,(H,15,18). The van der Waals surface area contributed by atoms with Crippen LogP contribution in [0.15, 0.2) is 12.3 Å². The Labute approximate surface area is 117 Å². The van der Waals surface area contributed by atoms with E-state index in [1.165, 1.54) is 6.92 Å². The number of rotatable bonds is 4. The molecule has 6 nitrogen and oxygen atoms in total. The minimum atomic E-state index is -1.02. The molecule has 1 aliphatic rings. The summed E-state index contributed by atoms with van der Waals surface area (Å²) < 4.78 is 6.92. The highest BCUT2D eigenvalue weighted by Gasteiger charge is 2.39. The van der Waals surface area contributed by atoms with Gasteiger partial charge in [0.05, 0.1) is 6.10 Å². The highest BCUT2D eigenvalue weighted by Crippen LogP contribution is 2.24. The van der Waals surface area contributed by atoms with E-state index >= 15 is 0 Å². The van der Waals surface area contributed by atoms with E-state index in [0.29, 0.717) is 24.3 Å². The van der Waals surface area contributed by atoms with E-state index in [2.05, 4.69) is 5.32 Å². The van der Waals surface area contributed by atoms with Crippen LogP contribution < -0.4 is 5.32 Å². The number of carbonyl (C=O) groups is 2. The first-order chi connectivity index (χ1) is 9.33. The molecule has 6 heteroatoms. The summed E-state index contributed by atoms with van der Waals surface area (Å²) >= 11 is 0. The van der Waals surface area contributed by atoms with Gasteiger partial charge in [0.2, 0.25) is 0 Å². The number of Topliss-reactive ketones (excluding diaryl/α,β-unsaturated/α-hetero) is 1.